The molecule has 1 aromatic rings. The third-order valence-electron chi connectivity index (χ3n) is 2.90. The van der Waals surface area contributed by atoms with Crippen molar-refractivity contribution in [1.82, 2.24) is 0 Å². The van der Waals surface area contributed by atoms with Crippen molar-refractivity contribution in [3.63, 3.8) is 0 Å². The first-order valence-corrected chi connectivity index (χ1v) is 6.54. The predicted molar refractivity (Wildman–Crippen MR) is 74.5 cm³/mol. The Bertz CT molecular complexity index is 349. The molecule has 82 valence electrons. The summed E-state index contributed by atoms with van der Waals surface area (Å²) in [6, 6.07) is 7.10. The summed E-state index contributed by atoms with van der Waals surface area (Å²) in [5.74, 6) is 0.678. The molecule has 3 heteroatoms. The molecular formula is C12H17IN2. The van der Waals surface area contributed by atoms with E-state index in [9.17, 15) is 0 Å². The van der Waals surface area contributed by atoms with Crippen molar-refractivity contribution in [2.45, 2.75) is 26.3 Å². The van der Waals surface area contributed by atoms with Crippen LogP contribution in [0.4, 0.5) is 11.4 Å². The maximum absolute atomic E-state index is 3.62. The largest absolute Gasteiger partial charge is 0.383 e. The highest BCUT2D eigenvalue weighted by Crippen LogP contribution is 2.28. The van der Waals surface area contributed by atoms with Gasteiger partial charge in [0.15, 0.2) is 0 Å². The Morgan fingerprint density at radius 2 is 2.13 bits per heavy atom. The molecule has 1 unspecified atom stereocenters. The van der Waals surface area contributed by atoms with Crippen LogP contribution in [0.5, 0.6) is 0 Å². The third-order valence-corrected chi connectivity index (χ3v) is 3.57. The number of halogens is 1. The van der Waals surface area contributed by atoms with Gasteiger partial charge >= 0.3 is 0 Å². The first-order chi connectivity index (χ1) is 7.16. The Kier molecular flexibility index (Phi) is 3.38. The summed E-state index contributed by atoms with van der Waals surface area (Å²) in [7, 11) is 0. The van der Waals surface area contributed by atoms with Crippen LogP contribution in [0, 0.1) is 9.49 Å². The maximum Gasteiger partial charge on any atom is 0.0586 e. The average molecular weight is 316 g/mol. The molecule has 0 spiro atoms. The molecule has 1 heterocycles. The van der Waals surface area contributed by atoms with Crippen LogP contribution in [-0.2, 0) is 0 Å². The summed E-state index contributed by atoms with van der Waals surface area (Å²) in [6.45, 7) is 5.60. The molecule has 15 heavy (non-hydrogen) atoms. The molecule has 0 aromatic heterocycles. The second-order valence-electron chi connectivity index (χ2n) is 4.40. The van der Waals surface area contributed by atoms with Crippen LogP contribution in [0.2, 0.25) is 0 Å². The number of anilines is 2. The molecule has 1 aliphatic rings. The third kappa shape index (κ3) is 2.56. The van der Waals surface area contributed by atoms with Crippen molar-refractivity contribution in [2.75, 3.05) is 17.2 Å². The van der Waals surface area contributed by atoms with Gasteiger partial charge in [-0.2, -0.15) is 0 Å². The number of hydrogen-bond donors (Lipinski definition) is 2. The smallest absolute Gasteiger partial charge is 0.0586 e. The van der Waals surface area contributed by atoms with Crippen molar-refractivity contribution >= 4 is 34.0 Å². The predicted octanol–water partition coefficient (Wildman–Crippen LogP) is 3.54. The summed E-state index contributed by atoms with van der Waals surface area (Å²) in [5, 5.41) is 7.10. The minimum atomic E-state index is 0.582. The van der Waals surface area contributed by atoms with E-state index in [1.165, 1.54) is 21.4 Å². The Morgan fingerprint density at radius 3 is 2.87 bits per heavy atom. The fourth-order valence-corrected chi connectivity index (χ4v) is 2.41. The highest BCUT2D eigenvalue weighted by molar-refractivity contribution is 14.1. The van der Waals surface area contributed by atoms with E-state index in [-0.39, 0.29) is 0 Å². The number of nitrogens with one attached hydrogen (secondary N) is 2. The molecule has 1 aromatic carbocycles. The zero-order valence-electron chi connectivity index (χ0n) is 9.18. The van der Waals surface area contributed by atoms with Gasteiger partial charge in [-0.3, -0.25) is 0 Å². The van der Waals surface area contributed by atoms with E-state index in [0.29, 0.717) is 12.0 Å². The standard InChI is InChI=1S/C12H17IN2/c1-8(2)10-5-6-14-12-7-9(13)3-4-11(12)15-10/h3-4,7-8,10,14-15H,5-6H2,1-2H3. The van der Waals surface area contributed by atoms with Crippen molar-refractivity contribution in [2.24, 2.45) is 5.92 Å². The van der Waals surface area contributed by atoms with E-state index in [1.54, 1.807) is 0 Å². The summed E-state index contributed by atoms with van der Waals surface area (Å²) >= 11 is 2.35. The van der Waals surface area contributed by atoms with Crippen LogP contribution in [0.25, 0.3) is 0 Å². The lowest BCUT2D eigenvalue weighted by Gasteiger charge is -2.21. The van der Waals surface area contributed by atoms with E-state index >= 15 is 0 Å². The summed E-state index contributed by atoms with van der Waals surface area (Å²) < 4.78 is 1.28. The van der Waals surface area contributed by atoms with Gasteiger partial charge in [-0.25, -0.2) is 0 Å². The van der Waals surface area contributed by atoms with Crippen molar-refractivity contribution in [3.8, 4) is 0 Å². The van der Waals surface area contributed by atoms with Crippen molar-refractivity contribution < 1.29 is 0 Å². The number of rotatable bonds is 1. The summed E-state index contributed by atoms with van der Waals surface area (Å²) in [5.41, 5.74) is 2.48. The second kappa shape index (κ2) is 4.60. The van der Waals surface area contributed by atoms with E-state index < -0.39 is 0 Å². The fourth-order valence-electron chi connectivity index (χ4n) is 1.92. The van der Waals surface area contributed by atoms with Gasteiger partial charge in [-0.1, -0.05) is 13.8 Å². The number of fused-ring (bicyclic) bond motifs is 1. The molecule has 0 amide bonds. The summed E-state index contributed by atoms with van der Waals surface area (Å²) in [6.07, 6.45) is 1.18. The quantitative estimate of drug-likeness (QED) is 0.775. The molecule has 2 nitrogen and oxygen atoms in total. The number of hydrogen-bond acceptors (Lipinski definition) is 2. The Morgan fingerprint density at radius 1 is 1.33 bits per heavy atom. The Balaban J connectivity index is 2.26. The number of benzene rings is 1. The molecule has 0 saturated carbocycles. The van der Waals surface area contributed by atoms with E-state index in [1.807, 2.05) is 0 Å². The lowest BCUT2D eigenvalue weighted by atomic mass is 10.0. The molecule has 0 bridgehead atoms. The van der Waals surface area contributed by atoms with Crippen LogP contribution in [0.15, 0.2) is 18.2 Å². The van der Waals surface area contributed by atoms with Gasteiger partial charge in [0.25, 0.3) is 0 Å². The molecule has 2 rings (SSSR count). The van der Waals surface area contributed by atoms with Gasteiger partial charge in [-0.05, 0) is 53.1 Å². The minimum Gasteiger partial charge on any atom is -0.383 e. The van der Waals surface area contributed by atoms with Gasteiger partial charge in [0.2, 0.25) is 0 Å². The topological polar surface area (TPSA) is 24.1 Å². The zero-order valence-corrected chi connectivity index (χ0v) is 11.3. The second-order valence-corrected chi connectivity index (χ2v) is 5.65. The molecule has 0 radical (unpaired) electrons. The first-order valence-electron chi connectivity index (χ1n) is 5.47. The van der Waals surface area contributed by atoms with Gasteiger partial charge in [0.05, 0.1) is 11.4 Å². The van der Waals surface area contributed by atoms with Gasteiger partial charge in [-0.15, -0.1) is 0 Å². The lowest BCUT2D eigenvalue weighted by molar-refractivity contribution is 0.507. The molecule has 1 aliphatic heterocycles. The fraction of sp³-hybridized carbons (Fsp3) is 0.500. The van der Waals surface area contributed by atoms with Crippen LogP contribution in [-0.4, -0.2) is 12.6 Å². The minimum absolute atomic E-state index is 0.582. The molecular weight excluding hydrogens is 299 g/mol. The van der Waals surface area contributed by atoms with Crippen molar-refractivity contribution in [1.29, 1.82) is 0 Å². The Hall–Kier alpha value is -0.450. The average Bonchev–Trinajstić information content (AvgIpc) is 2.39. The van der Waals surface area contributed by atoms with Crippen LogP contribution in [0.1, 0.15) is 20.3 Å². The molecule has 1 atom stereocenters. The van der Waals surface area contributed by atoms with Gasteiger partial charge in [0.1, 0.15) is 0 Å². The SMILES string of the molecule is CC(C)C1CCNc2cc(I)ccc2N1. The van der Waals surface area contributed by atoms with E-state index in [2.05, 4.69) is 65.3 Å². The van der Waals surface area contributed by atoms with Crippen LogP contribution in [0.3, 0.4) is 0 Å². The van der Waals surface area contributed by atoms with E-state index in [4.69, 9.17) is 0 Å². The highest BCUT2D eigenvalue weighted by atomic mass is 127. The van der Waals surface area contributed by atoms with Crippen molar-refractivity contribution in [3.05, 3.63) is 21.8 Å². The first kappa shape index (κ1) is 11.0. The molecule has 0 aliphatic carbocycles. The normalized spacial score (nSPS) is 20.1. The molecule has 2 N–H and O–H groups in total. The molecule has 0 fully saturated rings. The Labute approximate surface area is 105 Å². The zero-order chi connectivity index (χ0) is 10.8. The summed E-state index contributed by atoms with van der Waals surface area (Å²) in [4.78, 5) is 0. The van der Waals surface area contributed by atoms with Gasteiger partial charge < -0.3 is 10.6 Å². The maximum atomic E-state index is 3.62. The van der Waals surface area contributed by atoms with Gasteiger partial charge in [0, 0.05) is 16.2 Å². The van der Waals surface area contributed by atoms with Crippen LogP contribution >= 0.6 is 22.6 Å². The van der Waals surface area contributed by atoms with E-state index in [0.717, 1.165) is 6.54 Å². The molecule has 0 saturated heterocycles. The monoisotopic (exact) mass is 316 g/mol. The van der Waals surface area contributed by atoms with Crippen LogP contribution < -0.4 is 10.6 Å². The lowest BCUT2D eigenvalue weighted by Crippen LogP contribution is -2.25. The highest BCUT2D eigenvalue weighted by Gasteiger charge is 2.17.